The number of aromatic amines is 1. The van der Waals surface area contributed by atoms with Crippen molar-refractivity contribution in [3.05, 3.63) is 94.4 Å². The molecule has 150 valence electrons. The van der Waals surface area contributed by atoms with Crippen molar-refractivity contribution in [2.24, 2.45) is 0 Å². The summed E-state index contributed by atoms with van der Waals surface area (Å²) in [6, 6.07) is 23.1. The third-order valence-corrected chi connectivity index (χ3v) is 5.82. The SMILES string of the molecule is CC(C)c1ccc(Sc2ccc(NC(=O)c3n[nH]c(=O)c4ccccc34)cc2)cc1. The highest BCUT2D eigenvalue weighted by molar-refractivity contribution is 7.99. The third-order valence-electron chi connectivity index (χ3n) is 4.81. The maximum absolute atomic E-state index is 12.7. The number of hydrogen-bond donors (Lipinski definition) is 2. The molecule has 6 heteroatoms. The normalized spacial score (nSPS) is 11.0. The summed E-state index contributed by atoms with van der Waals surface area (Å²) in [5.41, 5.74) is 1.86. The third kappa shape index (κ3) is 4.28. The van der Waals surface area contributed by atoms with Gasteiger partial charge in [0.1, 0.15) is 0 Å². The minimum Gasteiger partial charge on any atom is -0.321 e. The number of carbonyl (C=O) groups is 1. The first kappa shape index (κ1) is 19.9. The summed E-state index contributed by atoms with van der Waals surface area (Å²) >= 11 is 1.67. The van der Waals surface area contributed by atoms with Crippen LogP contribution in [-0.2, 0) is 0 Å². The quantitative estimate of drug-likeness (QED) is 0.454. The number of fused-ring (bicyclic) bond motifs is 1. The van der Waals surface area contributed by atoms with E-state index in [0.29, 0.717) is 22.4 Å². The maximum atomic E-state index is 12.7. The number of rotatable bonds is 5. The molecule has 4 aromatic rings. The van der Waals surface area contributed by atoms with Crippen LogP contribution < -0.4 is 10.9 Å². The molecule has 0 radical (unpaired) electrons. The van der Waals surface area contributed by atoms with Crippen molar-refractivity contribution < 1.29 is 4.79 Å². The number of nitrogens with zero attached hydrogens (tertiary/aromatic N) is 1. The van der Waals surface area contributed by atoms with Gasteiger partial charge in [-0.1, -0.05) is 55.9 Å². The lowest BCUT2D eigenvalue weighted by Gasteiger charge is -2.09. The summed E-state index contributed by atoms with van der Waals surface area (Å²) in [5, 5.41) is 10.1. The second-order valence-corrected chi connectivity index (χ2v) is 8.40. The highest BCUT2D eigenvalue weighted by atomic mass is 32.2. The van der Waals surface area contributed by atoms with Crippen molar-refractivity contribution in [2.45, 2.75) is 29.6 Å². The fourth-order valence-electron chi connectivity index (χ4n) is 3.14. The fourth-order valence-corrected chi connectivity index (χ4v) is 3.96. The molecule has 0 aliphatic carbocycles. The van der Waals surface area contributed by atoms with E-state index in [4.69, 9.17) is 0 Å². The Balaban J connectivity index is 1.48. The van der Waals surface area contributed by atoms with E-state index in [-0.39, 0.29) is 17.2 Å². The predicted octanol–water partition coefficient (Wildman–Crippen LogP) is 5.45. The van der Waals surface area contributed by atoms with Gasteiger partial charge in [0.2, 0.25) is 0 Å². The molecule has 1 heterocycles. The Bertz CT molecular complexity index is 1250. The summed E-state index contributed by atoms with van der Waals surface area (Å²) < 4.78 is 0. The van der Waals surface area contributed by atoms with Crippen LogP contribution in [0.3, 0.4) is 0 Å². The number of H-pyrrole nitrogens is 1. The Kier molecular flexibility index (Phi) is 5.68. The van der Waals surface area contributed by atoms with Crippen LogP contribution in [-0.4, -0.2) is 16.1 Å². The van der Waals surface area contributed by atoms with Crippen LogP contribution in [0.2, 0.25) is 0 Å². The zero-order chi connectivity index (χ0) is 21.1. The molecule has 3 aromatic carbocycles. The Labute approximate surface area is 178 Å². The van der Waals surface area contributed by atoms with E-state index in [1.165, 1.54) is 10.5 Å². The van der Waals surface area contributed by atoms with Gasteiger partial charge in [0.05, 0.1) is 5.39 Å². The van der Waals surface area contributed by atoms with Crippen molar-refractivity contribution in [2.75, 3.05) is 5.32 Å². The van der Waals surface area contributed by atoms with Gasteiger partial charge in [-0.15, -0.1) is 0 Å². The van der Waals surface area contributed by atoms with Crippen LogP contribution in [0, 0.1) is 0 Å². The highest BCUT2D eigenvalue weighted by Gasteiger charge is 2.14. The average molecular weight is 416 g/mol. The standard InChI is InChI=1S/C24H21N3O2S/c1-15(2)16-7-11-18(12-8-16)30-19-13-9-17(10-14-19)25-24(29)22-20-5-3-4-6-21(20)23(28)27-26-22/h3-15H,1-2H3,(H,25,29)(H,27,28). The van der Waals surface area contributed by atoms with Crippen molar-refractivity contribution in [1.29, 1.82) is 0 Å². The second-order valence-electron chi connectivity index (χ2n) is 7.25. The van der Waals surface area contributed by atoms with E-state index in [9.17, 15) is 9.59 Å². The molecule has 0 bridgehead atoms. The average Bonchev–Trinajstić information content (AvgIpc) is 2.76. The van der Waals surface area contributed by atoms with E-state index in [0.717, 1.165) is 4.90 Å². The molecule has 1 aromatic heterocycles. The van der Waals surface area contributed by atoms with Crippen LogP contribution in [0.4, 0.5) is 5.69 Å². The lowest BCUT2D eigenvalue weighted by molar-refractivity contribution is 0.102. The number of nitrogens with one attached hydrogen (secondary N) is 2. The molecule has 0 saturated carbocycles. The lowest BCUT2D eigenvalue weighted by Crippen LogP contribution is -2.19. The van der Waals surface area contributed by atoms with Gasteiger partial charge >= 0.3 is 0 Å². The van der Waals surface area contributed by atoms with Gasteiger partial charge in [0, 0.05) is 20.9 Å². The van der Waals surface area contributed by atoms with E-state index < -0.39 is 0 Å². The summed E-state index contributed by atoms with van der Waals surface area (Å²) in [5.74, 6) is 0.146. The monoisotopic (exact) mass is 415 g/mol. The number of amides is 1. The van der Waals surface area contributed by atoms with Gasteiger partial charge in [-0.3, -0.25) is 9.59 Å². The molecule has 5 nitrogen and oxygen atoms in total. The van der Waals surface area contributed by atoms with Gasteiger partial charge in [-0.2, -0.15) is 5.10 Å². The number of hydrogen-bond acceptors (Lipinski definition) is 4. The Hall–Kier alpha value is -3.38. The topological polar surface area (TPSA) is 74.8 Å². The Morgan fingerprint density at radius 1 is 0.900 bits per heavy atom. The first-order chi connectivity index (χ1) is 14.5. The summed E-state index contributed by atoms with van der Waals surface area (Å²) in [6.45, 7) is 4.36. The Morgan fingerprint density at radius 3 is 2.13 bits per heavy atom. The fraction of sp³-hybridized carbons (Fsp3) is 0.125. The largest absolute Gasteiger partial charge is 0.321 e. The van der Waals surface area contributed by atoms with Gasteiger partial charge in [0.25, 0.3) is 11.5 Å². The number of carbonyl (C=O) groups excluding carboxylic acids is 1. The van der Waals surface area contributed by atoms with E-state index in [1.807, 2.05) is 24.3 Å². The molecule has 0 atom stereocenters. The highest BCUT2D eigenvalue weighted by Crippen LogP contribution is 2.29. The van der Waals surface area contributed by atoms with Crippen LogP contribution in [0.15, 0.2) is 87.4 Å². The van der Waals surface area contributed by atoms with Gasteiger partial charge < -0.3 is 5.32 Å². The van der Waals surface area contributed by atoms with E-state index in [1.54, 1.807) is 36.0 Å². The van der Waals surface area contributed by atoms with Gasteiger partial charge in [-0.05, 0) is 53.9 Å². The second kappa shape index (κ2) is 8.55. The molecule has 1 amide bonds. The van der Waals surface area contributed by atoms with Crippen molar-refractivity contribution in [3.63, 3.8) is 0 Å². The van der Waals surface area contributed by atoms with Crippen LogP contribution >= 0.6 is 11.8 Å². The first-order valence-corrected chi connectivity index (χ1v) is 10.5. The zero-order valence-corrected chi connectivity index (χ0v) is 17.5. The number of anilines is 1. The number of aromatic nitrogens is 2. The lowest BCUT2D eigenvalue weighted by atomic mass is 10.0. The van der Waals surface area contributed by atoms with Crippen molar-refractivity contribution in [1.82, 2.24) is 10.2 Å². The summed E-state index contributed by atoms with van der Waals surface area (Å²) in [4.78, 5) is 26.8. The van der Waals surface area contributed by atoms with Crippen molar-refractivity contribution in [3.8, 4) is 0 Å². The molecule has 0 aliphatic rings. The molecular formula is C24H21N3O2S. The number of benzene rings is 3. The minimum absolute atomic E-state index is 0.189. The molecule has 0 aliphatic heterocycles. The molecule has 0 unspecified atom stereocenters. The molecule has 0 spiro atoms. The molecular weight excluding hydrogens is 394 g/mol. The smallest absolute Gasteiger partial charge is 0.276 e. The van der Waals surface area contributed by atoms with Crippen LogP contribution in [0.5, 0.6) is 0 Å². The van der Waals surface area contributed by atoms with Crippen LogP contribution in [0.1, 0.15) is 35.8 Å². The maximum Gasteiger partial charge on any atom is 0.276 e. The molecule has 2 N–H and O–H groups in total. The Morgan fingerprint density at radius 2 is 1.50 bits per heavy atom. The van der Waals surface area contributed by atoms with Crippen LogP contribution in [0.25, 0.3) is 10.8 Å². The first-order valence-electron chi connectivity index (χ1n) is 9.68. The van der Waals surface area contributed by atoms with Crippen molar-refractivity contribution >= 4 is 34.1 Å². The zero-order valence-electron chi connectivity index (χ0n) is 16.7. The van der Waals surface area contributed by atoms with Gasteiger partial charge in [0.15, 0.2) is 5.69 Å². The molecule has 4 rings (SSSR count). The molecule has 0 fully saturated rings. The predicted molar refractivity (Wildman–Crippen MR) is 121 cm³/mol. The summed E-state index contributed by atoms with van der Waals surface area (Å²) in [7, 11) is 0. The van der Waals surface area contributed by atoms with Gasteiger partial charge in [-0.25, -0.2) is 5.10 Å². The minimum atomic E-state index is -0.368. The molecule has 30 heavy (non-hydrogen) atoms. The molecule has 0 saturated heterocycles. The van der Waals surface area contributed by atoms with E-state index >= 15 is 0 Å². The summed E-state index contributed by atoms with van der Waals surface area (Å²) in [6.07, 6.45) is 0. The van der Waals surface area contributed by atoms with E-state index in [2.05, 4.69) is 53.6 Å².